The first-order chi connectivity index (χ1) is 9.90. The van der Waals surface area contributed by atoms with Crippen LogP contribution < -0.4 is 9.88 Å². The lowest BCUT2D eigenvalue weighted by Gasteiger charge is -2.31. The molecule has 0 spiro atoms. The van der Waals surface area contributed by atoms with Crippen LogP contribution >= 0.6 is 0 Å². The second-order valence-corrected chi connectivity index (χ2v) is 6.70. The molecule has 0 saturated carbocycles. The molecule has 1 heterocycles. The summed E-state index contributed by atoms with van der Waals surface area (Å²) in [7, 11) is -3.68. The molecule has 0 radical (unpaired) electrons. The molecule has 1 fully saturated rings. The smallest absolute Gasteiger partial charge is 0.238 e. The van der Waals surface area contributed by atoms with Crippen molar-refractivity contribution in [3.8, 4) is 5.75 Å². The highest BCUT2D eigenvalue weighted by atomic mass is 32.2. The van der Waals surface area contributed by atoms with Crippen LogP contribution in [0.25, 0.3) is 0 Å². The standard InChI is InChI=1S/C14H22N2O4S/c1-3-16-6-7-19-13(9-16)10-20-12-4-5-14(11(2)8-12)21(15,17)18/h4-5,8,13H,3,6-7,9-10H2,1-2H3,(H2,15,17,18). The van der Waals surface area contributed by atoms with Gasteiger partial charge in [-0.15, -0.1) is 0 Å². The lowest BCUT2D eigenvalue weighted by molar-refractivity contribution is -0.0464. The third kappa shape index (κ3) is 4.41. The first-order valence-corrected chi connectivity index (χ1v) is 8.55. The number of hydrogen-bond acceptors (Lipinski definition) is 5. The fraction of sp³-hybridized carbons (Fsp3) is 0.571. The minimum atomic E-state index is -3.68. The topological polar surface area (TPSA) is 81.9 Å². The molecule has 0 aromatic heterocycles. The van der Waals surface area contributed by atoms with E-state index < -0.39 is 10.0 Å². The van der Waals surface area contributed by atoms with E-state index in [1.54, 1.807) is 19.1 Å². The third-order valence-corrected chi connectivity index (χ3v) is 4.63. The molecule has 6 nitrogen and oxygen atoms in total. The Bertz CT molecular complexity index is 589. The Hall–Kier alpha value is -1.15. The molecule has 7 heteroatoms. The minimum absolute atomic E-state index is 0.0388. The molecular weight excluding hydrogens is 292 g/mol. The van der Waals surface area contributed by atoms with Crippen LogP contribution in [0, 0.1) is 6.92 Å². The van der Waals surface area contributed by atoms with Crippen LogP contribution in [-0.2, 0) is 14.8 Å². The second kappa shape index (κ2) is 6.74. The van der Waals surface area contributed by atoms with Gasteiger partial charge in [0.2, 0.25) is 10.0 Å². The zero-order valence-corrected chi connectivity index (χ0v) is 13.2. The summed E-state index contributed by atoms with van der Waals surface area (Å²) in [6.45, 7) is 7.79. The number of primary sulfonamides is 1. The monoisotopic (exact) mass is 314 g/mol. The van der Waals surface area contributed by atoms with Crippen molar-refractivity contribution in [1.82, 2.24) is 4.90 Å². The number of rotatable bonds is 5. The summed E-state index contributed by atoms with van der Waals surface area (Å²) < 4.78 is 34.1. The number of sulfonamides is 1. The summed E-state index contributed by atoms with van der Waals surface area (Å²) in [5.74, 6) is 0.622. The van der Waals surface area contributed by atoms with Crippen molar-refractivity contribution in [2.45, 2.75) is 24.8 Å². The number of morpholine rings is 1. The third-order valence-electron chi connectivity index (χ3n) is 3.56. The van der Waals surface area contributed by atoms with Crippen molar-refractivity contribution in [1.29, 1.82) is 0 Å². The molecule has 1 atom stereocenters. The predicted octanol–water partition coefficient (Wildman–Crippen LogP) is 0.742. The van der Waals surface area contributed by atoms with Crippen LogP contribution in [0.5, 0.6) is 5.75 Å². The fourth-order valence-electron chi connectivity index (χ4n) is 2.39. The highest BCUT2D eigenvalue weighted by Gasteiger charge is 2.20. The fourth-order valence-corrected chi connectivity index (χ4v) is 3.15. The van der Waals surface area contributed by atoms with Crippen molar-refractivity contribution in [2.24, 2.45) is 5.14 Å². The number of nitrogens with two attached hydrogens (primary N) is 1. The maximum Gasteiger partial charge on any atom is 0.238 e. The Labute approximate surface area is 125 Å². The van der Waals surface area contributed by atoms with Gasteiger partial charge >= 0.3 is 0 Å². The lowest BCUT2D eigenvalue weighted by Crippen LogP contribution is -2.44. The van der Waals surface area contributed by atoms with E-state index >= 15 is 0 Å². The van der Waals surface area contributed by atoms with Crippen LogP contribution in [-0.4, -0.2) is 52.3 Å². The Kier molecular flexibility index (Phi) is 5.21. The number of likely N-dealkylation sites (N-methyl/N-ethyl adjacent to an activating group) is 1. The molecule has 0 amide bonds. The molecule has 21 heavy (non-hydrogen) atoms. The summed E-state index contributed by atoms with van der Waals surface area (Å²) in [5, 5.41) is 5.14. The van der Waals surface area contributed by atoms with E-state index in [0.717, 1.165) is 19.6 Å². The summed E-state index contributed by atoms with van der Waals surface area (Å²) in [6, 6.07) is 4.77. The molecule has 2 rings (SSSR count). The summed E-state index contributed by atoms with van der Waals surface area (Å²) >= 11 is 0. The Balaban J connectivity index is 1.96. The first kappa shape index (κ1) is 16.2. The predicted molar refractivity (Wildman–Crippen MR) is 79.9 cm³/mol. The van der Waals surface area contributed by atoms with Crippen LogP contribution in [0.4, 0.5) is 0 Å². The van der Waals surface area contributed by atoms with Gasteiger partial charge in [-0.25, -0.2) is 13.6 Å². The van der Waals surface area contributed by atoms with Crippen molar-refractivity contribution in [3.63, 3.8) is 0 Å². The Morgan fingerprint density at radius 2 is 2.24 bits per heavy atom. The molecule has 1 unspecified atom stereocenters. The van der Waals surface area contributed by atoms with E-state index in [2.05, 4.69) is 11.8 Å². The number of nitrogens with zero attached hydrogens (tertiary/aromatic N) is 1. The van der Waals surface area contributed by atoms with Gasteiger partial charge in [0.05, 0.1) is 11.5 Å². The number of aryl methyl sites for hydroxylation is 1. The van der Waals surface area contributed by atoms with Crippen LogP contribution in [0.15, 0.2) is 23.1 Å². The van der Waals surface area contributed by atoms with Crippen molar-refractivity contribution >= 4 is 10.0 Å². The van der Waals surface area contributed by atoms with Gasteiger partial charge in [-0.3, -0.25) is 4.90 Å². The van der Waals surface area contributed by atoms with Crippen LogP contribution in [0.1, 0.15) is 12.5 Å². The van der Waals surface area contributed by atoms with Gasteiger partial charge in [-0.05, 0) is 37.2 Å². The molecule has 1 aromatic carbocycles. The summed E-state index contributed by atoms with van der Waals surface area (Å²) in [6.07, 6.45) is 0.0388. The van der Waals surface area contributed by atoms with E-state index in [-0.39, 0.29) is 11.0 Å². The highest BCUT2D eigenvalue weighted by Crippen LogP contribution is 2.20. The molecule has 0 aliphatic carbocycles. The second-order valence-electron chi connectivity index (χ2n) is 5.17. The maximum absolute atomic E-state index is 11.4. The van der Waals surface area contributed by atoms with Crippen molar-refractivity contribution in [2.75, 3.05) is 32.8 Å². The molecule has 1 aliphatic heterocycles. The lowest BCUT2D eigenvalue weighted by atomic mass is 10.2. The quantitative estimate of drug-likeness (QED) is 0.867. The number of ether oxygens (including phenoxy) is 2. The Morgan fingerprint density at radius 1 is 1.48 bits per heavy atom. The molecule has 0 bridgehead atoms. The molecule has 2 N–H and O–H groups in total. The summed E-state index contributed by atoms with van der Waals surface area (Å²) in [4.78, 5) is 2.44. The zero-order valence-electron chi connectivity index (χ0n) is 12.4. The SMILES string of the molecule is CCN1CCOC(COc2ccc(S(N)(=O)=O)c(C)c2)C1. The van der Waals surface area contributed by atoms with Crippen molar-refractivity contribution < 1.29 is 17.9 Å². The maximum atomic E-state index is 11.4. The van der Waals surface area contributed by atoms with Gasteiger partial charge in [-0.1, -0.05) is 6.92 Å². The number of benzene rings is 1. The molecule has 1 aliphatic rings. The van der Waals surface area contributed by atoms with E-state index in [9.17, 15) is 8.42 Å². The van der Waals surface area contributed by atoms with Crippen LogP contribution in [0.2, 0.25) is 0 Å². The van der Waals surface area contributed by atoms with Gasteiger partial charge in [0.15, 0.2) is 0 Å². The normalized spacial score (nSPS) is 20.4. The minimum Gasteiger partial charge on any atom is -0.491 e. The molecule has 118 valence electrons. The van der Waals surface area contributed by atoms with E-state index in [4.69, 9.17) is 14.6 Å². The molecule has 1 saturated heterocycles. The van der Waals surface area contributed by atoms with Gasteiger partial charge in [0.1, 0.15) is 18.5 Å². The number of hydrogen-bond donors (Lipinski definition) is 1. The zero-order chi connectivity index (χ0) is 15.5. The van der Waals surface area contributed by atoms with Gasteiger partial charge in [0, 0.05) is 13.1 Å². The first-order valence-electron chi connectivity index (χ1n) is 7.00. The molecule has 1 aromatic rings. The molecular formula is C14H22N2O4S. The van der Waals surface area contributed by atoms with E-state index in [0.29, 0.717) is 24.5 Å². The van der Waals surface area contributed by atoms with Crippen molar-refractivity contribution in [3.05, 3.63) is 23.8 Å². The Morgan fingerprint density at radius 3 is 2.86 bits per heavy atom. The van der Waals surface area contributed by atoms with Gasteiger partial charge in [0.25, 0.3) is 0 Å². The highest BCUT2D eigenvalue weighted by molar-refractivity contribution is 7.89. The average Bonchev–Trinajstić information content (AvgIpc) is 2.44. The average molecular weight is 314 g/mol. The van der Waals surface area contributed by atoms with Gasteiger partial charge < -0.3 is 9.47 Å². The van der Waals surface area contributed by atoms with Crippen LogP contribution in [0.3, 0.4) is 0 Å². The van der Waals surface area contributed by atoms with E-state index in [1.807, 2.05) is 0 Å². The van der Waals surface area contributed by atoms with Gasteiger partial charge in [-0.2, -0.15) is 0 Å². The summed E-state index contributed by atoms with van der Waals surface area (Å²) in [5.41, 5.74) is 0.578. The largest absolute Gasteiger partial charge is 0.491 e. The van der Waals surface area contributed by atoms with E-state index in [1.165, 1.54) is 6.07 Å².